The van der Waals surface area contributed by atoms with Crippen LogP contribution in [0.2, 0.25) is 0 Å². The maximum atomic E-state index is 13.7. The lowest BCUT2D eigenvalue weighted by molar-refractivity contribution is -0.212. The SMILES string of the molecule is O=C(Nc1ccn(C(F)(F)F)n1)C(C1CC1)[C@H]1[C@@H]2C[C@H](Oc3ccnc4ccc(F)cc34)C[C@@H]21. The number of carbonyl (C=O) groups is 1. The van der Waals surface area contributed by atoms with Crippen molar-refractivity contribution < 1.29 is 27.1 Å². The minimum atomic E-state index is -4.62. The van der Waals surface area contributed by atoms with Crippen LogP contribution in [-0.4, -0.2) is 26.8 Å². The second-order valence-corrected chi connectivity index (χ2v) is 9.55. The predicted molar refractivity (Wildman–Crippen MR) is 114 cm³/mol. The molecule has 1 unspecified atom stereocenters. The van der Waals surface area contributed by atoms with E-state index in [2.05, 4.69) is 15.4 Å². The van der Waals surface area contributed by atoms with Crippen molar-refractivity contribution in [2.24, 2.45) is 29.6 Å². The number of rotatable bonds is 6. The topological polar surface area (TPSA) is 69.0 Å². The summed E-state index contributed by atoms with van der Waals surface area (Å²) in [6.45, 7) is 0. The molecule has 6 rings (SSSR count). The molecule has 0 radical (unpaired) electrons. The van der Waals surface area contributed by atoms with Gasteiger partial charge in [0.1, 0.15) is 11.6 Å². The monoisotopic (exact) mass is 474 g/mol. The Hall–Kier alpha value is -3.17. The van der Waals surface area contributed by atoms with Gasteiger partial charge in [-0.25, -0.2) is 4.39 Å². The van der Waals surface area contributed by atoms with E-state index in [-0.39, 0.29) is 46.1 Å². The number of carbonyl (C=O) groups excluding carboxylic acids is 1. The maximum absolute atomic E-state index is 13.7. The molecular weight excluding hydrogens is 452 g/mol. The number of nitrogens with one attached hydrogen (secondary N) is 1. The van der Waals surface area contributed by atoms with Gasteiger partial charge in [0, 0.05) is 29.8 Å². The molecule has 3 aliphatic rings. The summed E-state index contributed by atoms with van der Waals surface area (Å²) in [6, 6.07) is 7.31. The van der Waals surface area contributed by atoms with Crippen LogP contribution in [0.4, 0.5) is 23.4 Å². The molecule has 3 aliphatic carbocycles. The van der Waals surface area contributed by atoms with Gasteiger partial charge < -0.3 is 10.1 Å². The highest BCUT2D eigenvalue weighted by molar-refractivity contribution is 5.92. The van der Waals surface area contributed by atoms with Crippen molar-refractivity contribution in [3.05, 3.63) is 48.5 Å². The van der Waals surface area contributed by atoms with Gasteiger partial charge >= 0.3 is 6.30 Å². The van der Waals surface area contributed by atoms with Crippen LogP contribution in [-0.2, 0) is 11.1 Å². The van der Waals surface area contributed by atoms with E-state index in [1.807, 2.05) is 0 Å². The van der Waals surface area contributed by atoms with E-state index in [0.717, 1.165) is 37.9 Å². The van der Waals surface area contributed by atoms with Crippen molar-refractivity contribution in [1.29, 1.82) is 0 Å². The third kappa shape index (κ3) is 3.88. The summed E-state index contributed by atoms with van der Waals surface area (Å²) in [5.74, 6) is 0.873. The standard InChI is InChI=1S/C24H22F4N4O2/c25-13-3-4-18-17(9-13)19(5-7-29-18)34-14-10-15-16(11-14)22(15)21(12-1-2-12)23(33)30-20-6-8-32(31-20)24(26,27)28/h3-9,12,14-16,21-22H,1-2,10-11H2,(H,30,31,33)/t14-,15+,16-,21?,22-. The number of amides is 1. The van der Waals surface area contributed by atoms with Gasteiger partial charge in [0.05, 0.1) is 11.6 Å². The van der Waals surface area contributed by atoms with E-state index in [0.29, 0.717) is 28.5 Å². The average Bonchev–Trinajstić information content (AvgIpc) is 3.61. The van der Waals surface area contributed by atoms with Crippen LogP contribution in [0.1, 0.15) is 25.7 Å². The van der Waals surface area contributed by atoms with Gasteiger partial charge in [0.25, 0.3) is 0 Å². The van der Waals surface area contributed by atoms with E-state index >= 15 is 0 Å². The highest BCUT2D eigenvalue weighted by Crippen LogP contribution is 2.64. The van der Waals surface area contributed by atoms with Gasteiger partial charge in [-0.15, -0.1) is 18.3 Å². The molecule has 0 saturated heterocycles. The number of ether oxygens (including phenoxy) is 1. The minimum absolute atomic E-state index is 0.0227. The van der Waals surface area contributed by atoms with Crippen LogP contribution in [0.3, 0.4) is 0 Å². The van der Waals surface area contributed by atoms with Gasteiger partial charge in [-0.2, -0.15) is 4.68 Å². The lowest BCUT2D eigenvalue weighted by Crippen LogP contribution is -2.29. The molecule has 6 nitrogen and oxygen atoms in total. The zero-order chi connectivity index (χ0) is 23.6. The fourth-order valence-electron chi connectivity index (χ4n) is 5.75. The fraction of sp³-hybridized carbons (Fsp3) is 0.458. The van der Waals surface area contributed by atoms with Gasteiger partial charge in [0.15, 0.2) is 5.82 Å². The summed E-state index contributed by atoms with van der Waals surface area (Å²) < 4.78 is 58.2. The Morgan fingerprint density at radius 1 is 1.15 bits per heavy atom. The average molecular weight is 474 g/mol. The van der Waals surface area contributed by atoms with Crippen molar-refractivity contribution in [2.45, 2.75) is 38.1 Å². The van der Waals surface area contributed by atoms with Gasteiger partial charge in [-0.05, 0) is 73.6 Å². The molecule has 3 fully saturated rings. The van der Waals surface area contributed by atoms with Crippen LogP contribution in [0.25, 0.3) is 10.9 Å². The van der Waals surface area contributed by atoms with Crippen LogP contribution in [0, 0.1) is 35.4 Å². The normalized spacial score (nSPS) is 26.8. The number of benzene rings is 1. The molecule has 0 aliphatic heterocycles. The first-order chi connectivity index (χ1) is 16.3. The quantitative estimate of drug-likeness (QED) is 0.504. The maximum Gasteiger partial charge on any atom is 0.504 e. The van der Waals surface area contributed by atoms with Crippen LogP contribution in [0.15, 0.2) is 42.7 Å². The summed E-state index contributed by atoms with van der Waals surface area (Å²) >= 11 is 0. The Bertz CT molecular complexity index is 1240. The van der Waals surface area contributed by atoms with Crippen molar-refractivity contribution in [3.63, 3.8) is 0 Å². The molecule has 34 heavy (non-hydrogen) atoms. The van der Waals surface area contributed by atoms with Crippen LogP contribution >= 0.6 is 0 Å². The van der Waals surface area contributed by atoms with Crippen molar-refractivity contribution in [1.82, 2.24) is 14.8 Å². The molecule has 3 aromatic rings. The third-order valence-electron chi connectivity index (χ3n) is 7.37. The van der Waals surface area contributed by atoms with E-state index in [1.165, 1.54) is 12.1 Å². The number of nitrogens with zero attached hydrogens (tertiary/aromatic N) is 3. The van der Waals surface area contributed by atoms with Crippen LogP contribution < -0.4 is 10.1 Å². The highest BCUT2D eigenvalue weighted by Gasteiger charge is 2.63. The lowest BCUT2D eigenvalue weighted by atomic mass is 9.91. The molecule has 10 heteroatoms. The summed E-state index contributed by atoms with van der Waals surface area (Å²) in [6.07, 6.45) is 1.31. The Morgan fingerprint density at radius 2 is 1.91 bits per heavy atom. The molecule has 5 atom stereocenters. The second-order valence-electron chi connectivity index (χ2n) is 9.55. The minimum Gasteiger partial charge on any atom is -0.490 e. The Kier molecular flexibility index (Phi) is 4.82. The number of pyridine rings is 1. The van der Waals surface area contributed by atoms with Crippen molar-refractivity contribution >= 4 is 22.6 Å². The molecule has 3 saturated carbocycles. The van der Waals surface area contributed by atoms with Gasteiger partial charge in [-0.3, -0.25) is 9.78 Å². The molecule has 1 amide bonds. The molecule has 178 valence electrons. The summed E-state index contributed by atoms with van der Waals surface area (Å²) in [5, 5.41) is 6.66. The number of hydrogen-bond donors (Lipinski definition) is 1. The molecule has 0 bridgehead atoms. The van der Waals surface area contributed by atoms with E-state index < -0.39 is 6.30 Å². The smallest absolute Gasteiger partial charge is 0.490 e. The zero-order valence-corrected chi connectivity index (χ0v) is 18.0. The number of hydrogen-bond acceptors (Lipinski definition) is 4. The largest absolute Gasteiger partial charge is 0.504 e. The Balaban J connectivity index is 1.11. The second kappa shape index (κ2) is 7.68. The number of anilines is 1. The summed E-state index contributed by atoms with van der Waals surface area (Å²) in [4.78, 5) is 17.3. The number of fused-ring (bicyclic) bond motifs is 2. The number of alkyl halides is 3. The highest BCUT2D eigenvalue weighted by atomic mass is 19.4. The molecule has 1 aromatic carbocycles. The first kappa shape index (κ1) is 21.4. The van der Waals surface area contributed by atoms with E-state index in [1.54, 1.807) is 18.3 Å². The van der Waals surface area contributed by atoms with Gasteiger partial charge in [0.2, 0.25) is 5.91 Å². The fourth-order valence-corrected chi connectivity index (χ4v) is 5.75. The summed E-state index contributed by atoms with van der Waals surface area (Å²) in [5.41, 5.74) is 0.665. The molecular formula is C24H22F4N4O2. The number of halogens is 4. The molecule has 1 N–H and O–H groups in total. The first-order valence-corrected chi connectivity index (χ1v) is 11.4. The Morgan fingerprint density at radius 3 is 2.59 bits per heavy atom. The van der Waals surface area contributed by atoms with Gasteiger partial charge in [-0.1, -0.05) is 0 Å². The van der Waals surface area contributed by atoms with Crippen LogP contribution in [0.5, 0.6) is 5.75 Å². The number of aromatic nitrogens is 3. The van der Waals surface area contributed by atoms with E-state index in [9.17, 15) is 22.4 Å². The van der Waals surface area contributed by atoms with Crippen molar-refractivity contribution in [2.75, 3.05) is 5.32 Å². The predicted octanol–water partition coefficient (Wildman–Crippen LogP) is 5.12. The molecule has 2 heterocycles. The summed E-state index contributed by atoms with van der Waals surface area (Å²) in [7, 11) is 0. The molecule has 2 aromatic heterocycles. The zero-order valence-electron chi connectivity index (χ0n) is 18.0. The first-order valence-electron chi connectivity index (χ1n) is 11.4. The Labute approximate surface area is 192 Å². The van der Waals surface area contributed by atoms with E-state index in [4.69, 9.17) is 4.74 Å². The lowest BCUT2D eigenvalue weighted by Gasteiger charge is -2.22. The third-order valence-corrected chi connectivity index (χ3v) is 7.37. The van der Waals surface area contributed by atoms with Crippen molar-refractivity contribution in [3.8, 4) is 5.75 Å². The molecule has 0 spiro atoms.